The number of hydrogen-bond donors (Lipinski definition) is 1. The first-order valence-electron chi connectivity index (χ1n) is 11.6. The Morgan fingerprint density at radius 3 is 2.67 bits per heavy atom. The minimum Gasteiger partial charge on any atom is -0.494 e. The molecule has 1 heterocycles. The van der Waals surface area contributed by atoms with Crippen LogP contribution in [0.1, 0.15) is 66.1 Å². The van der Waals surface area contributed by atoms with E-state index < -0.39 is 0 Å². The van der Waals surface area contributed by atoms with E-state index in [1.807, 2.05) is 24.3 Å². The van der Waals surface area contributed by atoms with Gasteiger partial charge in [0, 0.05) is 18.2 Å². The SMILES string of the molecule is CCCCOc1ccc(C(=O)N[C@H]2CCc3cc(CN4CCCC4)ccc3C2)cc1. The van der Waals surface area contributed by atoms with Crippen LogP contribution >= 0.6 is 0 Å². The third-order valence-corrected chi connectivity index (χ3v) is 6.32. The molecule has 0 radical (unpaired) electrons. The highest BCUT2D eigenvalue weighted by atomic mass is 16.5. The summed E-state index contributed by atoms with van der Waals surface area (Å²) in [6.07, 6.45) is 7.80. The second-order valence-electron chi connectivity index (χ2n) is 8.73. The largest absolute Gasteiger partial charge is 0.494 e. The number of benzene rings is 2. The Labute approximate surface area is 180 Å². The molecule has 1 saturated heterocycles. The zero-order valence-corrected chi connectivity index (χ0v) is 18.2. The molecule has 1 aliphatic heterocycles. The summed E-state index contributed by atoms with van der Waals surface area (Å²) in [5, 5.41) is 3.23. The lowest BCUT2D eigenvalue weighted by molar-refractivity contribution is 0.0933. The van der Waals surface area contributed by atoms with Gasteiger partial charge in [-0.25, -0.2) is 0 Å². The van der Waals surface area contributed by atoms with E-state index in [1.54, 1.807) is 0 Å². The van der Waals surface area contributed by atoms with Crippen LogP contribution in [0.3, 0.4) is 0 Å². The Bertz CT molecular complexity index is 841. The number of nitrogens with one attached hydrogen (secondary N) is 1. The van der Waals surface area contributed by atoms with Gasteiger partial charge in [-0.15, -0.1) is 0 Å². The Kier molecular flexibility index (Phi) is 7.06. The van der Waals surface area contributed by atoms with E-state index >= 15 is 0 Å². The molecule has 2 aromatic carbocycles. The predicted molar refractivity (Wildman–Crippen MR) is 121 cm³/mol. The molecule has 0 unspecified atom stereocenters. The molecule has 1 N–H and O–H groups in total. The fourth-order valence-corrected chi connectivity index (χ4v) is 4.53. The zero-order chi connectivity index (χ0) is 20.8. The molecule has 4 heteroatoms. The molecule has 30 heavy (non-hydrogen) atoms. The number of fused-ring (bicyclic) bond motifs is 1. The topological polar surface area (TPSA) is 41.6 Å². The summed E-state index contributed by atoms with van der Waals surface area (Å²) in [5.41, 5.74) is 4.98. The summed E-state index contributed by atoms with van der Waals surface area (Å²) in [6, 6.07) is 14.7. The van der Waals surface area contributed by atoms with Crippen molar-refractivity contribution >= 4 is 5.91 Å². The molecule has 0 spiro atoms. The second kappa shape index (κ2) is 10.1. The van der Waals surface area contributed by atoms with Crippen molar-refractivity contribution in [3.63, 3.8) is 0 Å². The Morgan fingerprint density at radius 2 is 1.90 bits per heavy atom. The van der Waals surface area contributed by atoms with E-state index in [9.17, 15) is 4.79 Å². The van der Waals surface area contributed by atoms with Gasteiger partial charge in [0.25, 0.3) is 5.91 Å². The van der Waals surface area contributed by atoms with Gasteiger partial charge in [-0.1, -0.05) is 31.5 Å². The minimum absolute atomic E-state index is 0.00853. The van der Waals surface area contributed by atoms with Gasteiger partial charge < -0.3 is 10.1 Å². The first-order valence-corrected chi connectivity index (χ1v) is 11.6. The number of unbranched alkanes of at least 4 members (excludes halogenated alkanes) is 1. The Balaban J connectivity index is 1.30. The summed E-state index contributed by atoms with van der Waals surface area (Å²) in [4.78, 5) is 15.2. The smallest absolute Gasteiger partial charge is 0.251 e. The van der Waals surface area contributed by atoms with Crippen LogP contribution in [-0.2, 0) is 19.4 Å². The molecule has 0 saturated carbocycles. The number of ether oxygens (including phenoxy) is 1. The summed E-state index contributed by atoms with van der Waals surface area (Å²) in [5.74, 6) is 0.838. The molecule has 4 nitrogen and oxygen atoms in total. The normalized spacial score (nSPS) is 18.8. The number of rotatable bonds is 8. The van der Waals surface area contributed by atoms with E-state index in [-0.39, 0.29) is 11.9 Å². The first kappa shape index (κ1) is 20.9. The van der Waals surface area contributed by atoms with Gasteiger partial charge in [-0.3, -0.25) is 9.69 Å². The molecular weight excluding hydrogens is 372 g/mol. The van der Waals surface area contributed by atoms with Crippen molar-refractivity contribution in [2.45, 2.75) is 64.5 Å². The van der Waals surface area contributed by atoms with Gasteiger partial charge in [-0.2, -0.15) is 0 Å². The third kappa shape index (κ3) is 5.42. The second-order valence-corrected chi connectivity index (χ2v) is 8.73. The standard InChI is InChI=1S/C26H34N2O2/c1-2-3-16-30-25-12-9-21(10-13-25)26(29)27-24-11-8-22-17-20(6-7-23(22)18-24)19-28-14-4-5-15-28/h6-7,9-10,12-13,17,24H,2-5,8,11,14-16,18-19H2,1H3,(H,27,29)/t24-/m0/s1. The van der Waals surface area contributed by atoms with Gasteiger partial charge in [-0.05, 0) is 92.6 Å². The van der Waals surface area contributed by atoms with Crippen molar-refractivity contribution in [2.75, 3.05) is 19.7 Å². The molecule has 1 fully saturated rings. The van der Waals surface area contributed by atoms with Crippen LogP contribution in [0, 0.1) is 0 Å². The molecule has 1 aliphatic carbocycles. The van der Waals surface area contributed by atoms with Crippen LogP contribution in [-0.4, -0.2) is 36.5 Å². The van der Waals surface area contributed by atoms with Crippen LogP contribution < -0.4 is 10.1 Å². The lowest BCUT2D eigenvalue weighted by Crippen LogP contribution is -2.38. The van der Waals surface area contributed by atoms with Crippen molar-refractivity contribution in [3.05, 3.63) is 64.7 Å². The van der Waals surface area contributed by atoms with Crippen molar-refractivity contribution in [1.29, 1.82) is 0 Å². The highest BCUT2D eigenvalue weighted by Crippen LogP contribution is 2.24. The summed E-state index contributed by atoms with van der Waals surface area (Å²) >= 11 is 0. The number of nitrogens with zero attached hydrogens (tertiary/aromatic N) is 1. The maximum Gasteiger partial charge on any atom is 0.251 e. The van der Waals surface area contributed by atoms with Crippen molar-refractivity contribution < 1.29 is 9.53 Å². The number of aryl methyl sites for hydroxylation is 1. The predicted octanol–water partition coefficient (Wildman–Crippen LogP) is 4.75. The van der Waals surface area contributed by atoms with E-state index in [0.717, 1.165) is 51.0 Å². The lowest BCUT2D eigenvalue weighted by atomic mass is 9.87. The molecular formula is C26H34N2O2. The van der Waals surface area contributed by atoms with Gasteiger partial charge in [0.2, 0.25) is 0 Å². The van der Waals surface area contributed by atoms with Crippen LogP contribution in [0.15, 0.2) is 42.5 Å². The van der Waals surface area contributed by atoms with Crippen LogP contribution in [0.5, 0.6) is 5.75 Å². The van der Waals surface area contributed by atoms with Gasteiger partial charge in [0.05, 0.1) is 6.61 Å². The average Bonchev–Trinajstić information content (AvgIpc) is 3.27. The highest BCUT2D eigenvalue weighted by Gasteiger charge is 2.21. The van der Waals surface area contributed by atoms with Gasteiger partial charge in [0.1, 0.15) is 5.75 Å². The van der Waals surface area contributed by atoms with Crippen LogP contribution in [0.4, 0.5) is 0 Å². The van der Waals surface area contributed by atoms with Crippen molar-refractivity contribution in [3.8, 4) is 5.75 Å². The summed E-state index contributed by atoms with van der Waals surface area (Å²) in [6.45, 7) is 6.41. The van der Waals surface area contributed by atoms with E-state index in [1.165, 1.54) is 42.6 Å². The summed E-state index contributed by atoms with van der Waals surface area (Å²) in [7, 11) is 0. The fraction of sp³-hybridized carbons (Fsp3) is 0.500. The maximum absolute atomic E-state index is 12.7. The molecule has 1 atom stereocenters. The number of carbonyl (C=O) groups is 1. The zero-order valence-electron chi connectivity index (χ0n) is 18.2. The Morgan fingerprint density at radius 1 is 1.10 bits per heavy atom. The monoisotopic (exact) mass is 406 g/mol. The number of hydrogen-bond acceptors (Lipinski definition) is 3. The average molecular weight is 407 g/mol. The van der Waals surface area contributed by atoms with Crippen LogP contribution in [0.25, 0.3) is 0 Å². The van der Waals surface area contributed by atoms with Crippen molar-refractivity contribution in [1.82, 2.24) is 10.2 Å². The highest BCUT2D eigenvalue weighted by molar-refractivity contribution is 5.94. The quantitative estimate of drug-likeness (QED) is 0.643. The first-order chi connectivity index (χ1) is 14.7. The number of amides is 1. The Hall–Kier alpha value is -2.33. The van der Waals surface area contributed by atoms with E-state index in [2.05, 4.69) is 35.3 Å². The molecule has 0 bridgehead atoms. The fourth-order valence-electron chi connectivity index (χ4n) is 4.53. The number of carbonyl (C=O) groups excluding carboxylic acids is 1. The molecule has 160 valence electrons. The molecule has 0 aromatic heterocycles. The minimum atomic E-state index is 0.00853. The van der Waals surface area contributed by atoms with E-state index in [0.29, 0.717) is 5.56 Å². The van der Waals surface area contributed by atoms with Crippen molar-refractivity contribution in [2.24, 2.45) is 0 Å². The van der Waals surface area contributed by atoms with Gasteiger partial charge in [0.15, 0.2) is 0 Å². The molecule has 2 aliphatic rings. The summed E-state index contributed by atoms with van der Waals surface area (Å²) < 4.78 is 5.69. The molecule has 2 aromatic rings. The lowest BCUT2D eigenvalue weighted by Gasteiger charge is -2.26. The van der Waals surface area contributed by atoms with E-state index in [4.69, 9.17) is 4.74 Å². The van der Waals surface area contributed by atoms with Gasteiger partial charge >= 0.3 is 0 Å². The maximum atomic E-state index is 12.7. The number of likely N-dealkylation sites (tertiary alicyclic amines) is 1. The van der Waals surface area contributed by atoms with Crippen LogP contribution in [0.2, 0.25) is 0 Å². The molecule has 4 rings (SSSR count). The third-order valence-electron chi connectivity index (χ3n) is 6.32. The molecule has 1 amide bonds.